The van der Waals surface area contributed by atoms with Crippen molar-refractivity contribution in [3.63, 3.8) is 0 Å². The van der Waals surface area contributed by atoms with Crippen molar-refractivity contribution in [2.24, 2.45) is 5.84 Å². The van der Waals surface area contributed by atoms with Gasteiger partial charge in [-0.15, -0.1) is 0 Å². The molecule has 0 radical (unpaired) electrons. The molecule has 0 spiro atoms. The molecule has 1 heterocycles. The largest absolute Gasteiger partial charge is 0.361 e. The Balaban J connectivity index is 2.75. The van der Waals surface area contributed by atoms with Crippen LogP contribution in [0.25, 0.3) is 0 Å². The normalized spacial score (nSPS) is 10.1. The monoisotopic (exact) mass is 268 g/mol. The zero-order chi connectivity index (χ0) is 14.4. The fourth-order valence-corrected chi connectivity index (χ4v) is 1.33. The maximum absolute atomic E-state index is 11.4. The number of anilines is 2. The third kappa shape index (κ3) is 4.76. The molecule has 1 rings (SSSR count). The van der Waals surface area contributed by atoms with Crippen LogP contribution in [-0.4, -0.2) is 28.4 Å². The second-order valence-corrected chi connectivity index (χ2v) is 4.07. The van der Waals surface area contributed by atoms with Gasteiger partial charge in [-0.3, -0.25) is 14.9 Å². The van der Waals surface area contributed by atoms with Gasteiger partial charge >= 0.3 is 0 Å². The Morgan fingerprint density at radius 2 is 2.11 bits per heavy atom. The molecular formula is C10H16N6O3. The number of hydrogen-bond acceptors (Lipinski definition) is 7. The minimum absolute atomic E-state index is 0.0219. The molecule has 0 fully saturated rings. The molecule has 19 heavy (non-hydrogen) atoms. The summed E-state index contributed by atoms with van der Waals surface area (Å²) in [4.78, 5) is 25.5. The van der Waals surface area contributed by atoms with Crippen molar-refractivity contribution in [1.82, 2.24) is 10.3 Å². The average Bonchev–Trinajstić information content (AvgIpc) is 2.35. The van der Waals surface area contributed by atoms with E-state index in [4.69, 9.17) is 5.84 Å². The molecule has 5 N–H and O–H groups in total. The highest BCUT2D eigenvalue weighted by atomic mass is 16.6. The highest BCUT2D eigenvalue weighted by Crippen LogP contribution is 2.19. The van der Waals surface area contributed by atoms with Gasteiger partial charge in [0.25, 0.3) is 5.69 Å². The number of rotatable bonds is 6. The summed E-state index contributed by atoms with van der Waals surface area (Å²) in [5, 5.41) is 16.1. The van der Waals surface area contributed by atoms with Crippen LogP contribution in [0.3, 0.4) is 0 Å². The summed E-state index contributed by atoms with van der Waals surface area (Å²) >= 11 is 0. The van der Waals surface area contributed by atoms with Crippen molar-refractivity contribution in [1.29, 1.82) is 0 Å². The summed E-state index contributed by atoms with van der Waals surface area (Å²) < 4.78 is 0. The molecule has 1 aromatic heterocycles. The standard InChI is InChI=1S/C10H16N6O3/c1-6(2)13-10(17)5-12-8-3-7(16(18)19)4-9(14-8)15-11/h3-4,6H,5,11H2,1-2H3,(H,13,17)(H2,12,14,15). The number of hydrazine groups is 1. The predicted octanol–water partition coefficient (Wildman–Crippen LogP) is 0.212. The van der Waals surface area contributed by atoms with Gasteiger partial charge in [0.1, 0.15) is 11.6 Å². The molecule has 9 heteroatoms. The molecule has 0 aliphatic heterocycles. The molecule has 0 saturated heterocycles. The smallest absolute Gasteiger partial charge is 0.276 e. The van der Waals surface area contributed by atoms with Crippen LogP contribution in [0.15, 0.2) is 12.1 Å². The Kier molecular flexibility index (Phi) is 5.01. The summed E-state index contributed by atoms with van der Waals surface area (Å²) in [6, 6.07) is 2.44. The summed E-state index contributed by atoms with van der Waals surface area (Å²) in [6.07, 6.45) is 0. The third-order valence-electron chi connectivity index (χ3n) is 2.05. The van der Waals surface area contributed by atoms with E-state index in [0.717, 1.165) is 0 Å². The van der Waals surface area contributed by atoms with E-state index < -0.39 is 4.92 Å². The average molecular weight is 268 g/mol. The lowest BCUT2D eigenvalue weighted by molar-refractivity contribution is -0.384. The molecule has 0 atom stereocenters. The minimum atomic E-state index is -0.568. The Hall–Kier alpha value is -2.42. The Bertz CT molecular complexity index is 476. The first-order valence-corrected chi connectivity index (χ1v) is 5.58. The van der Waals surface area contributed by atoms with Crippen LogP contribution in [0, 0.1) is 10.1 Å². The summed E-state index contributed by atoms with van der Waals surface area (Å²) in [6.45, 7) is 3.64. The topological polar surface area (TPSA) is 135 Å². The fraction of sp³-hybridized carbons (Fsp3) is 0.400. The van der Waals surface area contributed by atoms with Gasteiger partial charge in [0.15, 0.2) is 0 Å². The number of nitrogen functional groups attached to an aromatic ring is 1. The van der Waals surface area contributed by atoms with Crippen LogP contribution in [0.5, 0.6) is 0 Å². The third-order valence-corrected chi connectivity index (χ3v) is 2.05. The van der Waals surface area contributed by atoms with E-state index in [-0.39, 0.29) is 35.8 Å². The van der Waals surface area contributed by atoms with Gasteiger partial charge in [-0.25, -0.2) is 10.8 Å². The first-order chi connectivity index (χ1) is 8.92. The number of aromatic nitrogens is 1. The zero-order valence-corrected chi connectivity index (χ0v) is 10.6. The van der Waals surface area contributed by atoms with Crippen molar-refractivity contribution in [3.8, 4) is 0 Å². The second kappa shape index (κ2) is 6.50. The highest BCUT2D eigenvalue weighted by molar-refractivity contribution is 5.80. The molecule has 104 valence electrons. The highest BCUT2D eigenvalue weighted by Gasteiger charge is 2.11. The summed E-state index contributed by atoms with van der Waals surface area (Å²) in [5.74, 6) is 5.27. The second-order valence-electron chi connectivity index (χ2n) is 4.07. The van der Waals surface area contributed by atoms with Crippen LogP contribution in [0.4, 0.5) is 17.3 Å². The van der Waals surface area contributed by atoms with Crippen molar-refractivity contribution >= 4 is 23.2 Å². The summed E-state index contributed by atoms with van der Waals surface area (Å²) in [5.41, 5.74) is 2.05. The molecule has 0 unspecified atom stereocenters. The van der Waals surface area contributed by atoms with Crippen molar-refractivity contribution < 1.29 is 9.72 Å². The van der Waals surface area contributed by atoms with Gasteiger partial charge in [-0.2, -0.15) is 0 Å². The minimum Gasteiger partial charge on any atom is -0.361 e. The van der Waals surface area contributed by atoms with Crippen LogP contribution in [0.1, 0.15) is 13.8 Å². The number of pyridine rings is 1. The van der Waals surface area contributed by atoms with E-state index in [1.54, 1.807) is 0 Å². The van der Waals surface area contributed by atoms with Gasteiger partial charge in [0, 0.05) is 6.04 Å². The van der Waals surface area contributed by atoms with E-state index in [2.05, 4.69) is 21.0 Å². The molecule has 0 saturated carbocycles. The van der Waals surface area contributed by atoms with Crippen LogP contribution in [0.2, 0.25) is 0 Å². The molecular weight excluding hydrogens is 252 g/mol. The van der Waals surface area contributed by atoms with E-state index in [1.807, 2.05) is 13.8 Å². The van der Waals surface area contributed by atoms with E-state index in [9.17, 15) is 14.9 Å². The van der Waals surface area contributed by atoms with Crippen LogP contribution < -0.4 is 21.9 Å². The molecule has 1 aromatic rings. The Labute approximate surface area is 109 Å². The Morgan fingerprint density at radius 3 is 2.63 bits per heavy atom. The van der Waals surface area contributed by atoms with Crippen molar-refractivity contribution in [3.05, 3.63) is 22.2 Å². The van der Waals surface area contributed by atoms with Gasteiger partial charge in [-0.1, -0.05) is 0 Å². The number of carbonyl (C=O) groups excluding carboxylic acids is 1. The van der Waals surface area contributed by atoms with Gasteiger partial charge in [-0.05, 0) is 13.8 Å². The van der Waals surface area contributed by atoms with Crippen molar-refractivity contribution in [2.75, 3.05) is 17.3 Å². The predicted molar refractivity (Wildman–Crippen MR) is 70.5 cm³/mol. The van der Waals surface area contributed by atoms with Crippen LogP contribution >= 0.6 is 0 Å². The Morgan fingerprint density at radius 1 is 1.47 bits per heavy atom. The van der Waals surface area contributed by atoms with Gasteiger partial charge in [0.05, 0.1) is 23.6 Å². The number of nitrogens with two attached hydrogens (primary N) is 1. The lowest BCUT2D eigenvalue weighted by Crippen LogP contribution is -2.35. The maximum Gasteiger partial charge on any atom is 0.276 e. The lowest BCUT2D eigenvalue weighted by atomic mass is 10.3. The number of amides is 1. The SMILES string of the molecule is CC(C)NC(=O)CNc1cc([N+](=O)[O-])cc(NN)n1. The molecule has 0 bridgehead atoms. The molecule has 1 amide bonds. The quantitative estimate of drug-likeness (QED) is 0.329. The van der Waals surface area contributed by atoms with E-state index in [1.165, 1.54) is 12.1 Å². The van der Waals surface area contributed by atoms with Crippen LogP contribution in [-0.2, 0) is 4.79 Å². The maximum atomic E-state index is 11.4. The van der Waals surface area contributed by atoms with Gasteiger partial charge in [0.2, 0.25) is 5.91 Å². The molecule has 9 nitrogen and oxygen atoms in total. The number of nitrogens with one attached hydrogen (secondary N) is 3. The first kappa shape index (κ1) is 14.6. The van der Waals surface area contributed by atoms with Gasteiger partial charge < -0.3 is 16.1 Å². The molecule has 0 aliphatic rings. The van der Waals surface area contributed by atoms with E-state index in [0.29, 0.717) is 0 Å². The zero-order valence-electron chi connectivity index (χ0n) is 10.6. The van der Waals surface area contributed by atoms with Crippen molar-refractivity contribution in [2.45, 2.75) is 19.9 Å². The molecule has 0 aromatic carbocycles. The van der Waals surface area contributed by atoms with E-state index >= 15 is 0 Å². The summed E-state index contributed by atoms with van der Waals surface area (Å²) in [7, 11) is 0. The number of hydrogen-bond donors (Lipinski definition) is 4. The number of nitro groups is 1. The number of carbonyl (C=O) groups is 1. The lowest BCUT2D eigenvalue weighted by Gasteiger charge is -2.10. The fourth-order valence-electron chi connectivity index (χ4n) is 1.33. The molecule has 0 aliphatic carbocycles. The first-order valence-electron chi connectivity index (χ1n) is 5.58. The number of nitrogens with zero attached hydrogens (tertiary/aromatic N) is 2.